The molecule has 0 unspecified atom stereocenters. The second-order valence-corrected chi connectivity index (χ2v) is 7.99. The lowest BCUT2D eigenvalue weighted by molar-refractivity contribution is -0.152. The molecule has 1 atom stereocenters. The fourth-order valence-electron chi connectivity index (χ4n) is 3.90. The summed E-state index contributed by atoms with van der Waals surface area (Å²) < 4.78 is 5.55. The van der Waals surface area contributed by atoms with Gasteiger partial charge in [0.2, 0.25) is 0 Å². The molecule has 0 spiro atoms. The number of carbonyl (C=O) groups is 3. The van der Waals surface area contributed by atoms with Crippen LogP contribution in [0.3, 0.4) is 0 Å². The minimum Gasteiger partial charge on any atom is -0.445 e. The van der Waals surface area contributed by atoms with Crippen LogP contribution in [0.4, 0.5) is 0 Å². The molecule has 2 aromatic rings. The average molecular weight is 413 g/mol. The third kappa shape index (κ3) is 3.72. The van der Waals surface area contributed by atoms with Crippen LogP contribution in [0.2, 0.25) is 5.02 Å². The van der Waals surface area contributed by atoms with Crippen LogP contribution in [-0.2, 0) is 16.0 Å². The van der Waals surface area contributed by atoms with E-state index >= 15 is 0 Å². The number of carbonyl (C=O) groups excluding carboxylic acids is 3. The highest BCUT2D eigenvalue weighted by molar-refractivity contribution is 6.30. The zero-order valence-corrected chi connectivity index (χ0v) is 16.8. The van der Waals surface area contributed by atoms with Crippen molar-refractivity contribution in [3.05, 3.63) is 70.2 Å². The summed E-state index contributed by atoms with van der Waals surface area (Å²) in [5, 5.41) is 0.511. The maximum Gasteiger partial charge on any atom is 0.339 e. The lowest BCUT2D eigenvalue weighted by atomic mass is 9.88. The van der Waals surface area contributed by atoms with E-state index in [4.69, 9.17) is 16.3 Å². The van der Waals surface area contributed by atoms with Gasteiger partial charge in [0, 0.05) is 43.2 Å². The van der Waals surface area contributed by atoms with E-state index in [2.05, 4.69) is 0 Å². The van der Waals surface area contributed by atoms with Crippen molar-refractivity contribution >= 4 is 29.4 Å². The molecule has 2 amide bonds. The molecule has 1 fully saturated rings. The molecule has 6 nitrogen and oxygen atoms in total. The van der Waals surface area contributed by atoms with Gasteiger partial charge in [-0.2, -0.15) is 0 Å². The maximum absolute atomic E-state index is 13.1. The molecule has 4 rings (SSSR count). The van der Waals surface area contributed by atoms with Crippen LogP contribution in [0.15, 0.2) is 48.5 Å². The highest BCUT2D eigenvalue weighted by Gasteiger charge is 2.45. The van der Waals surface area contributed by atoms with Crippen molar-refractivity contribution in [1.82, 2.24) is 9.80 Å². The summed E-state index contributed by atoms with van der Waals surface area (Å²) in [6, 6.07) is 14.0. The van der Waals surface area contributed by atoms with Crippen LogP contribution < -0.4 is 0 Å². The topological polar surface area (TPSA) is 66.9 Å². The SMILES string of the molecule is C[C@]1(C(=O)N2CCN(C(=O)c3cccc(Cl)c3)CC2)Cc2ccccc2C(=O)O1. The van der Waals surface area contributed by atoms with Gasteiger partial charge in [-0.3, -0.25) is 9.59 Å². The van der Waals surface area contributed by atoms with Crippen molar-refractivity contribution in [2.75, 3.05) is 26.2 Å². The van der Waals surface area contributed by atoms with Crippen molar-refractivity contribution in [2.24, 2.45) is 0 Å². The fraction of sp³-hybridized carbons (Fsp3) is 0.318. The minimum absolute atomic E-state index is 0.108. The number of rotatable bonds is 2. The number of ether oxygens (including phenoxy) is 1. The van der Waals surface area contributed by atoms with Gasteiger partial charge in [-0.1, -0.05) is 35.9 Å². The van der Waals surface area contributed by atoms with Gasteiger partial charge in [0.25, 0.3) is 11.8 Å². The molecule has 0 saturated carbocycles. The number of hydrogen-bond acceptors (Lipinski definition) is 4. The molecule has 2 aromatic carbocycles. The van der Waals surface area contributed by atoms with E-state index in [1.807, 2.05) is 12.1 Å². The van der Waals surface area contributed by atoms with Gasteiger partial charge in [-0.15, -0.1) is 0 Å². The Labute approximate surface area is 174 Å². The summed E-state index contributed by atoms with van der Waals surface area (Å²) in [6.07, 6.45) is 0.343. The summed E-state index contributed by atoms with van der Waals surface area (Å²) in [7, 11) is 0. The molecule has 0 aliphatic carbocycles. The largest absolute Gasteiger partial charge is 0.445 e. The number of piperazine rings is 1. The number of nitrogens with zero attached hydrogens (tertiary/aromatic N) is 2. The number of cyclic esters (lactones) is 1. The fourth-order valence-corrected chi connectivity index (χ4v) is 4.09. The van der Waals surface area contributed by atoms with Gasteiger partial charge in [-0.25, -0.2) is 4.79 Å². The smallest absolute Gasteiger partial charge is 0.339 e. The van der Waals surface area contributed by atoms with Crippen LogP contribution in [0.1, 0.15) is 33.2 Å². The van der Waals surface area contributed by atoms with Crippen molar-refractivity contribution in [1.29, 1.82) is 0 Å². The Morgan fingerprint density at radius 3 is 2.41 bits per heavy atom. The molecule has 1 saturated heterocycles. The molecule has 150 valence electrons. The van der Waals surface area contributed by atoms with Crippen molar-refractivity contribution in [3.63, 3.8) is 0 Å². The van der Waals surface area contributed by atoms with Crippen LogP contribution in [0.25, 0.3) is 0 Å². The van der Waals surface area contributed by atoms with Crippen molar-refractivity contribution in [2.45, 2.75) is 18.9 Å². The van der Waals surface area contributed by atoms with Crippen LogP contribution in [-0.4, -0.2) is 59.4 Å². The monoisotopic (exact) mass is 412 g/mol. The van der Waals surface area contributed by atoms with E-state index in [0.717, 1.165) is 5.56 Å². The number of fused-ring (bicyclic) bond motifs is 1. The third-order valence-electron chi connectivity index (χ3n) is 5.46. The molecule has 0 radical (unpaired) electrons. The van der Waals surface area contributed by atoms with Gasteiger partial charge in [-0.05, 0) is 36.8 Å². The van der Waals surface area contributed by atoms with Gasteiger partial charge >= 0.3 is 5.97 Å². The molecule has 29 heavy (non-hydrogen) atoms. The maximum atomic E-state index is 13.1. The standard InChI is InChI=1S/C22H21ClN2O4/c1-22(14-16-5-2-3-8-18(16)20(27)29-22)21(28)25-11-9-24(10-12-25)19(26)15-6-4-7-17(23)13-15/h2-8,13H,9-12,14H2,1H3/t22-/m1/s1. The Morgan fingerprint density at radius 2 is 1.69 bits per heavy atom. The summed E-state index contributed by atoms with van der Waals surface area (Å²) in [5.41, 5.74) is 0.621. The first-order valence-corrected chi connectivity index (χ1v) is 9.91. The molecule has 2 aliphatic rings. The van der Waals surface area contributed by atoms with E-state index < -0.39 is 11.6 Å². The van der Waals surface area contributed by atoms with E-state index in [0.29, 0.717) is 48.7 Å². The average Bonchev–Trinajstić information content (AvgIpc) is 2.73. The molecule has 0 bridgehead atoms. The molecule has 7 heteroatoms. The molecular formula is C22H21ClN2O4. The quantitative estimate of drug-likeness (QED) is 0.711. The van der Waals surface area contributed by atoms with Gasteiger partial charge in [0.1, 0.15) is 0 Å². The minimum atomic E-state index is -1.23. The molecule has 0 aromatic heterocycles. The summed E-state index contributed by atoms with van der Waals surface area (Å²) in [4.78, 5) is 41.6. The van der Waals surface area contributed by atoms with E-state index in [1.54, 1.807) is 53.1 Å². The van der Waals surface area contributed by atoms with Gasteiger partial charge in [0.15, 0.2) is 5.60 Å². The zero-order valence-electron chi connectivity index (χ0n) is 16.1. The first-order chi connectivity index (χ1) is 13.9. The summed E-state index contributed by atoms with van der Waals surface area (Å²) in [5.74, 6) is -0.809. The first kappa shape index (κ1) is 19.5. The highest BCUT2D eigenvalue weighted by atomic mass is 35.5. The van der Waals surface area contributed by atoms with Gasteiger partial charge < -0.3 is 14.5 Å². The van der Waals surface area contributed by atoms with E-state index in [9.17, 15) is 14.4 Å². The van der Waals surface area contributed by atoms with E-state index in [-0.39, 0.29) is 11.8 Å². The van der Waals surface area contributed by atoms with Crippen LogP contribution in [0, 0.1) is 0 Å². The molecular weight excluding hydrogens is 392 g/mol. The second kappa shape index (κ2) is 7.52. The molecule has 2 heterocycles. The normalized spacial score (nSPS) is 21.4. The van der Waals surface area contributed by atoms with Gasteiger partial charge in [0.05, 0.1) is 5.56 Å². The first-order valence-electron chi connectivity index (χ1n) is 9.53. The summed E-state index contributed by atoms with van der Waals surface area (Å²) in [6.45, 7) is 3.27. The van der Waals surface area contributed by atoms with Crippen LogP contribution >= 0.6 is 11.6 Å². The Bertz CT molecular complexity index is 984. The van der Waals surface area contributed by atoms with Crippen LogP contribution in [0.5, 0.6) is 0 Å². The highest BCUT2D eigenvalue weighted by Crippen LogP contribution is 2.30. The number of hydrogen-bond donors (Lipinski definition) is 0. The summed E-state index contributed by atoms with van der Waals surface area (Å²) >= 11 is 5.98. The lowest BCUT2D eigenvalue weighted by Crippen LogP contribution is -2.58. The predicted molar refractivity (Wildman–Crippen MR) is 108 cm³/mol. The Balaban J connectivity index is 1.43. The second-order valence-electron chi connectivity index (χ2n) is 7.55. The molecule has 0 N–H and O–H groups in total. The Morgan fingerprint density at radius 1 is 1.00 bits per heavy atom. The predicted octanol–water partition coefficient (Wildman–Crippen LogP) is 2.80. The number of halogens is 1. The molecule has 2 aliphatic heterocycles. The third-order valence-corrected chi connectivity index (χ3v) is 5.70. The zero-order chi connectivity index (χ0) is 20.6. The van der Waals surface area contributed by atoms with Crippen molar-refractivity contribution < 1.29 is 19.1 Å². The number of esters is 1. The number of benzene rings is 2. The Hall–Kier alpha value is -2.86. The van der Waals surface area contributed by atoms with Crippen molar-refractivity contribution in [3.8, 4) is 0 Å². The lowest BCUT2D eigenvalue weighted by Gasteiger charge is -2.40. The number of amides is 2. The Kier molecular flexibility index (Phi) is 5.04. The van der Waals surface area contributed by atoms with E-state index in [1.165, 1.54) is 0 Å².